The maximum atomic E-state index is 14.1. The summed E-state index contributed by atoms with van der Waals surface area (Å²) in [5.74, 6) is -1.81. The Bertz CT molecular complexity index is 852. The van der Waals surface area contributed by atoms with Crippen LogP contribution >= 0.6 is 11.3 Å². The lowest BCUT2D eigenvalue weighted by atomic mass is 10.1. The molecule has 0 aliphatic heterocycles. The molecule has 0 spiro atoms. The highest BCUT2D eigenvalue weighted by Gasteiger charge is 2.25. The Balaban J connectivity index is 2.29. The summed E-state index contributed by atoms with van der Waals surface area (Å²) in [5.41, 5.74) is 0.706. The second-order valence-electron chi connectivity index (χ2n) is 4.62. The molecule has 1 aromatic carbocycles. The second kappa shape index (κ2) is 5.30. The van der Waals surface area contributed by atoms with Crippen LogP contribution in [0.3, 0.4) is 0 Å². The summed E-state index contributed by atoms with van der Waals surface area (Å²) in [7, 11) is 0. The van der Waals surface area contributed by atoms with E-state index in [0.717, 1.165) is 10.6 Å². The minimum atomic E-state index is -1.27. The van der Waals surface area contributed by atoms with E-state index in [9.17, 15) is 14.3 Å². The van der Waals surface area contributed by atoms with Crippen molar-refractivity contribution in [3.05, 3.63) is 46.3 Å². The molecule has 3 rings (SSSR count). The highest BCUT2D eigenvalue weighted by molar-refractivity contribution is 7.14. The summed E-state index contributed by atoms with van der Waals surface area (Å²) < 4.78 is 15.4. The topological polar surface area (TPSA) is 80.9 Å². The maximum Gasteiger partial charge on any atom is 0.358 e. The molecule has 0 bridgehead atoms. The SMILES string of the molecule is Cc1nc(-n2nnc(C(=O)O)c2-c2ccccc2F)sc1C. The second-order valence-corrected chi connectivity index (χ2v) is 5.80. The molecule has 112 valence electrons. The number of hydrogen-bond acceptors (Lipinski definition) is 5. The highest BCUT2D eigenvalue weighted by Crippen LogP contribution is 2.29. The van der Waals surface area contributed by atoms with E-state index < -0.39 is 11.8 Å². The Morgan fingerprint density at radius 2 is 2.05 bits per heavy atom. The number of carbonyl (C=O) groups is 1. The summed E-state index contributed by atoms with van der Waals surface area (Å²) in [4.78, 5) is 16.7. The van der Waals surface area contributed by atoms with Crippen LogP contribution in [0.2, 0.25) is 0 Å². The summed E-state index contributed by atoms with van der Waals surface area (Å²) in [6.07, 6.45) is 0. The number of rotatable bonds is 3. The van der Waals surface area contributed by atoms with Gasteiger partial charge in [-0.3, -0.25) is 0 Å². The van der Waals surface area contributed by atoms with E-state index in [1.165, 1.54) is 34.2 Å². The number of carboxylic acids is 1. The molecule has 1 N–H and O–H groups in total. The molecule has 0 atom stereocenters. The predicted molar refractivity (Wildman–Crippen MR) is 78.9 cm³/mol. The summed E-state index contributed by atoms with van der Waals surface area (Å²) in [5, 5.41) is 17.2. The molecule has 0 fully saturated rings. The first-order valence-corrected chi connectivity index (χ1v) is 7.19. The van der Waals surface area contributed by atoms with E-state index in [-0.39, 0.29) is 17.0 Å². The smallest absolute Gasteiger partial charge is 0.358 e. The van der Waals surface area contributed by atoms with Crippen molar-refractivity contribution < 1.29 is 14.3 Å². The number of halogens is 1. The van der Waals surface area contributed by atoms with Crippen LogP contribution < -0.4 is 0 Å². The number of aromatic nitrogens is 4. The third-order valence-electron chi connectivity index (χ3n) is 3.20. The van der Waals surface area contributed by atoms with E-state index in [4.69, 9.17) is 0 Å². The highest BCUT2D eigenvalue weighted by atomic mass is 32.1. The molecule has 2 heterocycles. The minimum Gasteiger partial charge on any atom is -0.476 e. The fourth-order valence-corrected chi connectivity index (χ4v) is 2.87. The average Bonchev–Trinajstić information content (AvgIpc) is 3.04. The molecule has 8 heteroatoms. The number of benzene rings is 1. The number of thiazole rings is 1. The normalized spacial score (nSPS) is 10.9. The van der Waals surface area contributed by atoms with Crippen LogP contribution in [0.5, 0.6) is 0 Å². The third kappa shape index (κ3) is 2.27. The van der Waals surface area contributed by atoms with Crippen LogP contribution in [0, 0.1) is 19.7 Å². The third-order valence-corrected chi connectivity index (χ3v) is 4.25. The molecule has 0 radical (unpaired) electrons. The summed E-state index contributed by atoms with van der Waals surface area (Å²) in [6.45, 7) is 3.74. The van der Waals surface area contributed by atoms with Crippen LogP contribution in [0.4, 0.5) is 4.39 Å². The Hall–Kier alpha value is -2.61. The predicted octanol–water partition coefficient (Wildman–Crippen LogP) is 2.84. The van der Waals surface area contributed by atoms with E-state index in [1.807, 2.05) is 13.8 Å². The van der Waals surface area contributed by atoms with Gasteiger partial charge in [0.15, 0.2) is 5.69 Å². The molecule has 0 saturated heterocycles. The molecule has 0 saturated carbocycles. The monoisotopic (exact) mass is 318 g/mol. The van der Waals surface area contributed by atoms with Gasteiger partial charge in [-0.1, -0.05) is 28.7 Å². The van der Waals surface area contributed by atoms with E-state index >= 15 is 0 Å². The zero-order valence-electron chi connectivity index (χ0n) is 11.7. The van der Waals surface area contributed by atoms with Crippen LogP contribution in [-0.4, -0.2) is 31.1 Å². The molecule has 2 aromatic heterocycles. The molecular formula is C14H11FN4O2S. The van der Waals surface area contributed by atoms with Gasteiger partial charge in [0, 0.05) is 10.4 Å². The summed E-state index contributed by atoms with van der Waals surface area (Å²) >= 11 is 1.34. The number of hydrogen-bond donors (Lipinski definition) is 1. The van der Waals surface area contributed by atoms with Crippen molar-refractivity contribution in [2.75, 3.05) is 0 Å². The Kier molecular flexibility index (Phi) is 3.45. The quantitative estimate of drug-likeness (QED) is 0.803. The fourth-order valence-electron chi connectivity index (χ4n) is 2.00. The lowest BCUT2D eigenvalue weighted by Crippen LogP contribution is -2.04. The van der Waals surface area contributed by atoms with E-state index in [0.29, 0.717) is 5.13 Å². The van der Waals surface area contributed by atoms with Gasteiger partial charge in [-0.15, -0.1) is 5.10 Å². The van der Waals surface area contributed by atoms with Crippen LogP contribution in [-0.2, 0) is 0 Å². The van der Waals surface area contributed by atoms with Gasteiger partial charge < -0.3 is 5.11 Å². The van der Waals surface area contributed by atoms with E-state index in [1.54, 1.807) is 6.07 Å². The van der Waals surface area contributed by atoms with E-state index in [2.05, 4.69) is 15.3 Å². The number of aromatic carboxylic acids is 1. The van der Waals surface area contributed by atoms with Crippen LogP contribution in [0.25, 0.3) is 16.4 Å². The van der Waals surface area contributed by atoms with Gasteiger partial charge in [0.2, 0.25) is 5.13 Å². The van der Waals surface area contributed by atoms with Crippen molar-refractivity contribution in [3.8, 4) is 16.4 Å². The fraction of sp³-hybridized carbons (Fsp3) is 0.143. The Morgan fingerprint density at radius 3 is 2.64 bits per heavy atom. The van der Waals surface area contributed by atoms with Gasteiger partial charge in [-0.2, -0.15) is 4.68 Å². The molecule has 0 aliphatic carbocycles. The first kappa shape index (κ1) is 14.3. The van der Waals surface area contributed by atoms with Crippen LogP contribution in [0.1, 0.15) is 21.1 Å². The van der Waals surface area contributed by atoms with Crippen molar-refractivity contribution in [1.29, 1.82) is 0 Å². The zero-order valence-corrected chi connectivity index (χ0v) is 12.6. The van der Waals surface area contributed by atoms with Gasteiger partial charge >= 0.3 is 5.97 Å². The molecule has 0 amide bonds. The van der Waals surface area contributed by atoms with Crippen molar-refractivity contribution in [2.45, 2.75) is 13.8 Å². The molecule has 6 nitrogen and oxygen atoms in total. The van der Waals surface area contributed by atoms with Gasteiger partial charge in [0.1, 0.15) is 11.5 Å². The van der Waals surface area contributed by atoms with Gasteiger partial charge in [0.05, 0.1) is 5.69 Å². The van der Waals surface area contributed by atoms with Gasteiger partial charge in [-0.25, -0.2) is 14.2 Å². The first-order chi connectivity index (χ1) is 10.5. The lowest BCUT2D eigenvalue weighted by molar-refractivity contribution is 0.0691. The van der Waals surface area contributed by atoms with Crippen molar-refractivity contribution in [1.82, 2.24) is 20.0 Å². The zero-order chi connectivity index (χ0) is 15.9. The largest absolute Gasteiger partial charge is 0.476 e. The number of nitrogens with zero attached hydrogens (tertiary/aromatic N) is 4. The maximum absolute atomic E-state index is 14.1. The Labute approximate surface area is 128 Å². The van der Waals surface area contributed by atoms with Crippen molar-refractivity contribution in [3.63, 3.8) is 0 Å². The Morgan fingerprint density at radius 1 is 1.32 bits per heavy atom. The number of carboxylic acid groups (broad SMARTS) is 1. The average molecular weight is 318 g/mol. The minimum absolute atomic E-state index is 0.0827. The van der Waals surface area contributed by atoms with Crippen molar-refractivity contribution in [2.24, 2.45) is 0 Å². The van der Waals surface area contributed by atoms with Gasteiger partial charge in [-0.05, 0) is 26.0 Å². The van der Waals surface area contributed by atoms with Crippen molar-refractivity contribution >= 4 is 17.3 Å². The first-order valence-electron chi connectivity index (χ1n) is 6.37. The van der Waals surface area contributed by atoms with Crippen LogP contribution in [0.15, 0.2) is 24.3 Å². The molecule has 3 aromatic rings. The van der Waals surface area contributed by atoms with Gasteiger partial charge in [0.25, 0.3) is 0 Å². The number of aryl methyl sites for hydroxylation is 2. The summed E-state index contributed by atoms with van der Waals surface area (Å²) in [6, 6.07) is 5.91. The molecule has 0 unspecified atom stereocenters. The lowest BCUT2D eigenvalue weighted by Gasteiger charge is -2.05. The molecular weight excluding hydrogens is 307 g/mol. The molecule has 22 heavy (non-hydrogen) atoms. The standard InChI is InChI=1S/C14H11FN4O2S/c1-7-8(2)22-14(16-7)19-12(11(13(20)21)17-18-19)9-5-3-4-6-10(9)15/h3-6H,1-2H3,(H,20,21). The molecule has 0 aliphatic rings.